The van der Waals surface area contributed by atoms with Crippen LogP contribution in [-0.4, -0.2) is 29.1 Å². The van der Waals surface area contributed by atoms with Crippen LogP contribution in [0.1, 0.15) is 24.4 Å². The Morgan fingerprint density at radius 1 is 1.31 bits per heavy atom. The van der Waals surface area contributed by atoms with Crippen molar-refractivity contribution in [1.29, 1.82) is 0 Å². The van der Waals surface area contributed by atoms with E-state index >= 15 is 0 Å². The molecule has 1 unspecified atom stereocenters. The fourth-order valence-electron chi connectivity index (χ4n) is 1.29. The van der Waals surface area contributed by atoms with Gasteiger partial charge in [-0.25, -0.2) is 10.4 Å². The number of aromatic nitrogens is 2. The van der Waals surface area contributed by atoms with Crippen molar-refractivity contribution >= 4 is 0 Å². The zero-order valence-electron chi connectivity index (χ0n) is 8.57. The third kappa shape index (κ3) is 2.75. The normalized spacial score (nSPS) is 13.3. The SMILES string of the molecule is Cc1nccnc1C(C)NN(C)C. The molecule has 0 aromatic carbocycles. The molecule has 0 fully saturated rings. The number of hydrogen-bond acceptors (Lipinski definition) is 4. The molecule has 0 saturated heterocycles. The summed E-state index contributed by atoms with van der Waals surface area (Å²) >= 11 is 0. The van der Waals surface area contributed by atoms with E-state index in [2.05, 4.69) is 22.3 Å². The van der Waals surface area contributed by atoms with Crippen molar-refractivity contribution in [2.24, 2.45) is 0 Å². The highest BCUT2D eigenvalue weighted by molar-refractivity contribution is 5.11. The first kappa shape index (κ1) is 10.1. The number of rotatable bonds is 3. The van der Waals surface area contributed by atoms with E-state index in [1.165, 1.54) is 0 Å². The predicted molar refractivity (Wildman–Crippen MR) is 52.0 cm³/mol. The molecule has 1 heterocycles. The maximum absolute atomic E-state index is 4.28. The van der Waals surface area contributed by atoms with Crippen LogP contribution in [0.15, 0.2) is 12.4 Å². The van der Waals surface area contributed by atoms with E-state index in [9.17, 15) is 0 Å². The standard InChI is InChI=1S/C9H16N4/c1-7-9(11-6-5-10-7)8(2)12-13(3)4/h5-6,8,12H,1-4H3. The van der Waals surface area contributed by atoms with Crippen LogP contribution in [-0.2, 0) is 0 Å². The Balaban J connectivity index is 2.76. The molecule has 4 heteroatoms. The smallest absolute Gasteiger partial charge is 0.0796 e. The molecule has 1 aromatic heterocycles. The minimum atomic E-state index is 0.198. The first-order valence-electron chi connectivity index (χ1n) is 4.32. The van der Waals surface area contributed by atoms with Gasteiger partial charge in [-0.3, -0.25) is 9.97 Å². The molecule has 1 atom stereocenters. The molecule has 4 nitrogen and oxygen atoms in total. The summed E-state index contributed by atoms with van der Waals surface area (Å²) in [5, 5.41) is 1.92. The van der Waals surface area contributed by atoms with Crippen molar-refractivity contribution in [3.05, 3.63) is 23.8 Å². The van der Waals surface area contributed by atoms with Gasteiger partial charge in [0.1, 0.15) is 0 Å². The summed E-state index contributed by atoms with van der Waals surface area (Å²) in [5.41, 5.74) is 5.20. The molecule has 0 bridgehead atoms. The molecule has 0 aliphatic rings. The minimum Gasteiger partial charge on any atom is -0.258 e. The van der Waals surface area contributed by atoms with Gasteiger partial charge in [0.25, 0.3) is 0 Å². The summed E-state index contributed by atoms with van der Waals surface area (Å²) in [5.74, 6) is 0. The maximum atomic E-state index is 4.28. The van der Waals surface area contributed by atoms with Crippen LogP contribution in [0.5, 0.6) is 0 Å². The van der Waals surface area contributed by atoms with Gasteiger partial charge in [0.2, 0.25) is 0 Å². The van der Waals surface area contributed by atoms with Gasteiger partial charge in [-0.1, -0.05) is 0 Å². The molecular formula is C9H16N4. The molecule has 1 aromatic rings. The highest BCUT2D eigenvalue weighted by Crippen LogP contribution is 2.10. The second kappa shape index (κ2) is 4.30. The van der Waals surface area contributed by atoms with E-state index in [1.54, 1.807) is 12.4 Å². The summed E-state index contributed by atoms with van der Waals surface area (Å²) in [6.45, 7) is 4.03. The zero-order chi connectivity index (χ0) is 9.84. The van der Waals surface area contributed by atoms with Crippen LogP contribution in [0, 0.1) is 6.92 Å². The highest BCUT2D eigenvalue weighted by atomic mass is 15.5. The quantitative estimate of drug-likeness (QED) is 0.702. The lowest BCUT2D eigenvalue weighted by Crippen LogP contribution is -2.33. The Hall–Kier alpha value is -1.00. The maximum Gasteiger partial charge on any atom is 0.0796 e. The molecule has 1 rings (SSSR count). The summed E-state index contributed by atoms with van der Waals surface area (Å²) < 4.78 is 0. The van der Waals surface area contributed by atoms with Gasteiger partial charge >= 0.3 is 0 Å². The number of hydrogen-bond donors (Lipinski definition) is 1. The van der Waals surface area contributed by atoms with Gasteiger partial charge in [-0.2, -0.15) is 0 Å². The molecule has 0 aliphatic heterocycles. The Labute approximate surface area is 79.0 Å². The summed E-state index contributed by atoms with van der Waals surface area (Å²) in [6, 6.07) is 0.198. The lowest BCUT2D eigenvalue weighted by Gasteiger charge is -2.19. The average molecular weight is 180 g/mol. The molecular weight excluding hydrogens is 164 g/mol. The van der Waals surface area contributed by atoms with E-state index in [0.717, 1.165) is 11.4 Å². The van der Waals surface area contributed by atoms with Gasteiger partial charge in [-0.05, 0) is 13.8 Å². The zero-order valence-corrected chi connectivity index (χ0v) is 8.57. The molecule has 0 amide bonds. The minimum absolute atomic E-state index is 0.198. The number of hydrazine groups is 1. The molecule has 0 saturated carbocycles. The highest BCUT2D eigenvalue weighted by Gasteiger charge is 2.09. The van der Waals surface area contributed by atoms with Gasteiger partial charge in [0.15, 0.2) is 0 Å². The summed E-state index contributed by atoms with van der Waals surface area (Å²) in [7, 11) is 3.92. The molecule has 0 aliphatic carbocycles. The number of nitrogens with one attached hydrogen (secondary N) is 1. The Kier molecular flexibility index (Phi) is 3.33. The van der Waals surface area contributed by atoms with Crippen LogP contribution in [0.2, 0.25) is 0 Å². The third-order valence-electron chi connectivity index (χ3n) is 1.78. The molecule has 13 heavy (non-hydrogen) atoms. The topological polar surface area (TPSA) is 41.1 Å². The third-order valence-corrected chi connectivity index (χ3v) is 1.78. The number of aryl methyl sites for hydroxylation is 1. The first-order chi connectivity index (χ1) is 6.11. The van der Waals surface area contributed by atoms with Crippen LogP contribution in [0.4, 0.5) is 0 Å². The van der Waals surface area contributed by atoms with Crippen molar-refractivity contribution in [2.75, 3.05) is 14.1 Å². The second-order valence-electron chi connectivity index (χ2n) is 3.27. The van der Waals surface area contributed by atoms with Crippen molar-refractivity contribution < 1.29 is 0 Å². The van der Waals surface area contributed by atoms with Gasteiger partial charge in [0.05, 0.1) is 17.4 Å². The van der Waals surface area contributed by atoms with Gasteiger partial charge in [-0.15, -0.1) is 0 Å². The van der Waals surface area contributed by atoms with Crippen molar-refractivity contribution in [3.8, 4) is 0 Å². The molecule has 0 radical (unpaired) electrons. The molecule has 0 spiro atoms. The second-order valence-corrected chi connectivity index (χ2v) is 3.27. The van der Waals surface area contributed by atoms with E-state index in [1.807, 2.05) is 26.0 Å². The van der Waals surface area contributed by atoms with E-state index in [4.69, 9.17) is 0 Å². The fraction of sp³-hybridized carbons (Fsp3) is 0.556. The van der Waals surface area contributed by atoms with E-state index in [-0.39, 0.29) is 6.04 Å². The first-order valence-corrected chi connectivity index (χ1v) is 4.32. The van der Waals surface area contributed by atoms with Crippen molar-refractivity contribution in [2.45, 2.75) is 19.9 Å². The van der Waals surface area contributed by atoms with Crippen LogP contribution in [0.25, 0.3) is 0 Å². The lowest BCUT2D eigenvalue weighted by molar-refractivity contribution is 0.249. The largest absolute Gasteiger partial charge is 0.258 e. The Morgan fingerprint density at radius 2 is 1.92 bits per heavy atom. The van der Waals surface area contributed by atoms with Crippen LogP contribution < -0.4 is 5.43 Å². The Bertz CT molecular complexity index is 272. The fourth-order valence-corrected chi connectivity index (χ4v) is 1.29. The van der Waals surface area contributed by atoms with Crippen molar-refractivity contribution in [3.63, 3.8) is 0 Å². The summed E-state index contributed by atoms with van der Waals surface area (Å²) in [6.07, 6.45) is 3.43. The van der Waals surface area contributed by atoms with Crippen LogP contribution >= 0.6 is 0 Å². The van der Waals surface area contributed by atoms with E-state index in [0.29, 0.717) is 0 Å². The Morgan fingerprint density at radius 3 is 2.46 bits per heavy atom. The molecule has 72 valence electrons. The summed E-state index contributed by atoms with van der Waals surface area (Å²) in [4.78, 5) is 8.47. The number of nitrogens with zero attached hydrogens (tertiary/aromatic N) is 3. The lowest BCUT2D eigenvalue weighted by atomic mass is 10.2. The van der Waals surface area contributed by atoms with Crippen molar-refractivity contribution in [1.82, 2.24) is 20.4 Å². The van der Waals surface area contributed by atoms with Gasteiger partial charge < -0.3 is 0 Å². The van der Waals surface area contributed by atoms with Gasteiger partial charge in [0, 0.05) is 26.5 Å². The monoisotopic (exact) mass is 180 g/mol. The molecule has 1 N–H and O–H groups in total. The predicted octanol–water partition coefficient (Wildman–Crippen LogP) is 0.912. The van der Waals surface area contributed by atoms with E-state index < -0.39 is 0 Å². The average Bonchev–Trinajstić information content (AvgIpc) is 2.03. The van der Waals surface area contributed by atoms with Crippen LogP contribution in [0.3, 0.4) is 0 Å².